The lowest BCUT2D eigenvalue weighted by Gasteiger charge is -2.26. The van der Waals surface area contributed by atoms with Gasteiger partial charge in [0.2, 0.25) is 0 Å². The van der Waals surface area contributed by atoms with Gasteiger partial charge in [0, 0.05) is 57.5 Å². The summed E-state index contributed by atoms with van der Waals surface area (Å²) in [5.41, 5.74) is 4.69. The third-order valence-electron chi connectivity index (χ3n) is 7.40. The summed E-state index contributed by atoms with van der Waals surface area (Å²) in [5.74, 6) is 0.0585. The number of amides is 2. The zero-order valence-corrected chi connectivity index (χ0v) is 26.4. The fourth-order valence-corrected chi connectivity index (χ4v) is 6.23. The van der Waals surface area contributed by atoms with Crippen LogP contribution < -0.4 is 9.62 Å². The Hall–Kier alpha value is -4.20. The molecule has 0 atom stereocenters. The molecule has 0 saturated carbocycles. The summed E-state index contributed by atoms with van der Waals surface area (Å²) in [6.07, 6.45) is 13.5. The Bertz CT molecular complexity index is 1730. The van der Waals surface area contributed by atoms with Crippen LogP contribution in [-0.4, -0.2) is 54.7 Å². The molecule has 224 valence electrons. The fourth-order valence-electron chi connectivity index (χ4n) is 5.06. The molecule has 6 rings (SSSR count). The number of carbonyl (C=O) groups is 2. The predicted octanol–water partition coefficient (Wildman–Crippen LogP) is 7.43. The molecular weight excluding hydrogens is 584 g/mol. The number of rotatable bonds is 5. The molecule has 1 aliphatic heterocycles. The van der Waals surface area contributed by atoms with E-state index in [0.717, 1.165) is 48.2 Å². The van der Waals surface area contributed by atoms with Gasteiger partial charge in [0.1, 0.15) is 22.9 Å². The number of terminal acetylenes is 1. The summed E-state index contributed by atoms with van der Waals surface area (Å²) in [6.45, 7) is 1.83. The monoisotopic (exact) mass is 618 g/mol. The van der Waals surface area contributed by atoms with Crippen LogP contribution in [0.3, 0.4) is 0 Å². The van der Waals surface area contributed by atoms with Crippen LogP contribution in [0.15, 0.2) is 64.4 Å². The number of nitrogens with one attached hydrogen (secondary N) is 1. The smallest absolute Gasteiger partial charge is 0.270 e. The van der Waals surface area contributed by atoms with Crippen LogP contribution in [0.1, 0.15) is 40.1 Å². The van der Waals surface area contributed by atoms with E-state index in [0.29, 0.717) is 22.5 Å². The van der Waals surface area contributed by atoms with Gasteiger partial charge in [-0.25, -0.2) is 4.39 Å². The minimum absolute atomic E-state index is 0.190. The van der Waals surface area contributed by atoms with Crippen molar-refractivity contribution in [3.63, 3.8) is 0 Å². The highest BCUT2D eigenvalue weighted by Crippen LogP contribution is 2.36. The lowest BCUT2D eigenvalue weighted by Crippen LogP contribution is -2.36. The van der Waals surface area contributed by atoms with Crippen molar-refractivity contribution < 1.29 is 18.4 Å². The Labute approximate surface area is 259 Å². The van der Waals surface area contributed by atoms with Gasteiger partial charge in [0.25, 0.3) is 11.8 Å². The Morgan fingerprint density at radius 3 is 2.37 bits per heavy atom. The van der Waals surface area contributed by atoms with E-state index in [4.69, 9.17) is 4.42 Å². The standard InChI is InChI=1S/C18H17FN2O2S.C13H16N2OS.C2H2/c1-20-18(22)16-14-9-8-13(21(2)24-3)10-15(14)23-17(16)11-4-6-12(19)7-5-11;1-14-10-5-8-17-12(10)9-11(14)13(16)15-6-3-2-4-7-15;1-2/h4-10H,1-3H3,(H,20,22);5,8-9H,2-4,6-7H2,1H3;1-2H. The molecule has 0 radical (unpaired) electrons. The fraction of sp³-hybridized carbons (Fsp3) is 0.273. The highest BCUT2D eigenvalue weighted by atomic mass is 32.2. The van der Waals surface area contributed by atoms with Gasteiger partial charge < -0.3 is 23.5 Å². The maximum atomic E-state index is 13.2. The van der Waals surface area contributed by atoms with Gasteiger partial charge in [-0.3, -0.25) is 9.59 Å². The second-order valence-electron chi connectivity index (χ2n) is 9.86. The molecule has 1 fully saturated rings. The SMILES string of the molecule is C#C.CNC(=O)c1c(-c2ccc(F)cc2)oc2cc(N(C)SC)ccc12.Cn1c(C(=O)N2CCCCC2)cc2sccc21. The molecule has 5 aromatic rings. The highest BCUT2D eigenvalue weighted by molar-refractivity contribution is 7.99. The van der Waals surface area contributed by atoms with Gasteiger partial charge >= 0.3 is 0 Å². The molecule has 1 N–H and O–H groups in total. The largest absolute Gasteiger partial charge is 0.455 e. The van der Waals surface area contributed by atoms with Crippen molar-refractivity contribution in [3.05, 3.63) is 77.1 Å². The Kier molecular flexibility index (Phi) is 10.6. The van der Waals surface area contributed by atoms with E-state index in [1.165, 1.54) is 23.3 Å². The van der Waals surface area contributed by atoms with E-state index < -0.39 is 0 Å². The van der Waals surface area contributed by atoms with Gasteiger partial charge in [-0.1, -0.05) is 11.9 Å². The zero-order valence-electron chi connectivity index (χ0n) is 24.7. The summed E-state index contributed by atoms with van der Waals surface area (Å²) >= 11 is 3.27. The number of carbonyl (C=O) groups excluding carboxylic acids is 2. The van der Waals surface area contributed by atoms with Gasteiger partial charge in [0.15, 0.2) is 0 Å². The Morgan fingerprint density at radius 1 is 1.05 bits per heavy atom. The molecule has 0 spiro atoms. The van der Waals surface area contributed by atoms with Crippen molar-refractivity contribution in [2.75, 3.05) is 37.7 Å². The van der Waals surface area contributed by atoms with Crippen LogP contribution in [0.5, 0.6) is 0 Å². The second-order valence-corrected chi connectivity index (χ2v) is 11.7. The number of furan rings is 1. The predicted molar refractivity (Wildman–Crippen MR) is 177 cm³/mol. The number of piperidine rings is 1. The molecule has 0 aliphatic carbocycles. The molecule has 1 aliphatic rings. The summed E-state index contributed by atoms with van der Waals surface area (Å²) in [7, 11) is 5.51. The number of likely N-dealkylation sites (tertiary alicyclic amines) is 1. The first-order valence-electron chi connectivity index (χ1n) is 13.8. The van der Waals surface area contributed by atoms with Crippen LogP contribution >= 0.6 is 23.3 Å². The van der Waals surface area contributed by atoms with Crippen LogP contribution in [0.2, 0.25) is 0 Å². The number of nitrogens with zero attached hydrogens (tertiary/aromatic N) is 3. The van der Waals surface area contributed by atoms with Gasteiger partial charge in [0.05, 0.1) is 21.5 Å². The summed E-state index contributed by atoms with van der Waals surface area (Å²) in [5, 5.41) is 5.44. The first kappa shape index (κ1) is 31.7. The zero-order chi connectivity index (χ0) is 31.1. The molecule has 10 heteroatoms. The minimum atomic E-state index is -0.333. The number of fused-ring (bicyclic) bond motifs is 2. The van der Waals surface area contributed by atoms with Crippen molar-refractivity contribution in [3.8, 4) is 24.2 Å². The number of benzene rings is 2. The molecule has 7 nitrogen and oxygen atoms in total. The van der Waals surface area contributed by atoms with Gasteiger partial charge in [-0.15, -0.1) is 24.2 Å². The van der Waals surface area contributed by atoms with E-state index in [9.17, 15) is 14.0 Å². The van der Waals surface area contributed by atoms with Crippen LogP contribution in [-0.2, 0) is 7.05 Å². The average molecular weight is 619 g/mol. The van der Waals surface area contributed by atoms with Crippen molar-refractivity contribution in [1.29, 1.82) is 0 Å². The van der Waals surface area contributed by atoms with E-state index in [-0.39, 0.29) is 17.6 Å². The van der Waals surface area contributed by atoms with Crippen molar-refractivity contribution >= 4 is 62.0 Å². The number of hydrogen-bond donors (Lipinski definition) is 1. The van der Waals surface area contributed by atoms with E-state index >= 15 is 0 Å². The quantitative estimate of drug-likeness (QED) is 0.164. The topological polar surface area (TPSA) is 70.7 Å². The highest BCUT2D eigenvalue weighted by Gasteiger charge is 2.23. The molecule has 2 aromatic carbocycles. The lowest BCUT2D eigenvalue weighted by atomic mass is 10.0. The molecule has 0 bridgehead atoms. The molecule has 3 aromatic heterocycles. The van der Waals surface area contributed by atoms with Crippen LogP contribution in [0, 0.1) is 18.7 Å². The number of aryl methyl sites for hydroxylation is 1. The van der Waals surface area contributed by atoms with E-state index in [1.807, 2.05) is 58.4 Å². The average Bonchev–Trinajstić information content (AvgIpc) is 3.76. The second kappa shape index (κ2) is 14.3. The van der Waals surface area contributed by atoms with E-state index in [2.05, 4.69) is 29.6 Å². The Morgan fingerprint density at radius 2 is 1.74 bits per heavy atom. The third-order valence-corrected chi connectivity index (χ3v) is 9.01. The first-order valence-corrected chi connectivity index (χ1v) is 15.9. The number of anilines is 1. The van der Waals surface area contributed by atoms with Crippen molar-refractivity contribution in [2.45, 2.75) is 19.3 Å². The molecule has 1 saturated heterocycles. The summed E-state index contributed by atoms with van der Waals surface area (Å²) < 4.78 is 24.4. The molecule has 2 amide bonds. The van der Waals surface area contributed by atoms with Gasteiger partial charge in [-0.2, -0.15) is 0 Å². The third kappa shape index (κ3) is 6.74. The first-order chi connectivity index (χ1) is 20.8. The van der Waals surface area contributed by atoms with Crippen molar-refractivity contribution in [2.24, 2.45) is 7.05 Å². The summed E-state index contributed by atoms with van der Waals surface area (Å²) in [6, 6.07) is 15.7. The Balaban J connectivity index is 0.000000195. The van der Waals surface area contributed by atoms with Crippen molar-refractivity contribution in [1.82, 2.24) is 14.8 Å². The molecule has 4 heterocycles. The molecular formula is C33H35FN4O3S2. The maximum absolute atomic E-state index is 13.2. The molecule has 43 heavy (non-hydrogen) atoms. The maximum Gasteiger partial charge on any atom is 0.270 e. The summed E-state index contributed by atoms with van der Waals surface area (Å²) in [4.78, 5) is 26.8. The lowest BCUT2D eigenvalue weighted by molar-refractivity contribution is 0.0715. The minimum Gasteiger partial charge on any atom is -0.455 e. The van der Waals surface area contributed by atoms with Crippen LogP contribution in [0.25, 0.3) is 32.5 Å². The van der Waals surface area contributed by atoms with Crippen LogP contribution in [0.4, 0.5) is 10.1 Å². The van der Waals surface area contributed by atoms with Gasteiger partial charge in [-0.05, 0) is 73.2 Å². The number of halogens is 1. The number of thiophene rings is 1. The number of hydrogen-bond acceptors (Lipinski definition) is 6. The molecule has 0 unspecified atom stereocenters. The number of aromatic nitrogens is 1. The normalized spacial score (nSPS) is 12.7. The van der Waals surface area contributed by atoms with E-state index in [1.54, 1.807) is 42.5 Å².